The number of pyridine rings is 1. The van der Waals surface area contributed by atoms with Crippen molar-refractivity contribution >= 4 is 5.82 Å². The van der Waals surface area contributed by atoms with Gasteiger partial charge in [-0.1, -0.05) is 0 Å². The predicted molar refractivity (Wildman–Crippen MR) is 61.3 cm³/mol. The van der Waals surface area contributed by atoms with Crippen molar-refractivity contribution in [3.63, 3.8) is 0 Å². The number of anilines is 1. The minimum atomic E-state index is 0.685. The van der Waals surface area contributed by atoms with Crippen LogP contribution in [0.15, 0.2) is 12.3 Å². The van der Waals surface area contributed by atoms with Crippen LogP contribution in [0.5, 0.6) is 0 Å². The first-order valence-electron chi connectivity index (χ1n) is 5.51. The largest absolute Gasteiger partial charge is 0.380 e. The highest BCUT2D eigenvalue weighted by Gasteiger charge is 2.16. The summed E-state index contributed by atoms with van der Waals surface area (Å²) < 4.78 is 5.40. The van der Waals surface area contributed by atoms with E-state index in [-0.39, 0.29) is 0 Å². The maximum absolute atomic E-state index is 9.15. The van der Waals surface area contributed by atoms with E-state index in [0.717, 1.165) is 37.5 Å². The van der Waals surface area contributed by atoms with Crippen LogP contribution < -0.4 is 4.90 Å². The van der Waals surface area contributed by atoms with Gasteiger partial charge in [-0.3, -0.25) is 0 Å². The second-order valence-electron chi connectivity index (χ2n) is 3.89. The number of hydrogen-bond acceptors (Lipinski definition) is 4. The molecule has 0 aliphatic carbocycles. The maximum atomic E-state index is 9.15. The number of rotatable bonds is 1. The molecule has 0 amide bonds. The molecule has 1 aliphatic heterocycles. The van der Waals surface area contributed by atoms with E-state index in [0.29, 0.717) is 12.2 Å². The topological polar surface area (TPSA) is 49.2 Å². The van der Waals surface area contributed by atoms with Crippen molar-refractivity contribution in [3.8, 4) is 6.07 Å². The number of nitriles is 1. The fourth-order valence-electron chi connectivity index (χ4n) is 1.88. The van der Waals surface area contributed by atoms with E-state index in [1.165, 1.54) is 0 Å². The van der Waals surface area contributed by atoms with Crippen LogP contribution in [0.3, 0.4) is 0 Å². The van der Waals surface area contributed by atoms with Crippen LogP contribution >= 0.6 is 0 Å². The van der Waals surface area contributed by atoms with Crippen molar-refractivity contribution in [2.24, 2.45) is 0 Å². The smallest absolute Gasteiger partial charge is 0.146 e. The van der Waals surface area contributed by atoms with Crippen LogP contribution in [-0.4, -0.2) is 31.3 Å². The van der Waals surface area contributed by atoms with Crippen LogP contribution in [-0.2, 0) is 4.74 Å². The number of nitrogens with zero attached hydrogens (tertiary/aromatic N) is 3. The zero-order valence-electron chi connectivity index (χ0n) is 9.44. The maximum Gasteiger partial charge on any atom is 0.146 e. The van der Waals surface area contributed by atoms with E-state index >= 15 is 0 Å². The SMILES string of the molecule is Cc1ccnc(N2CCCOCC2)c1C#N. The summed E-state index contributed by atoms with van der Waals surface area (Å²) in [4.78, 5) is 6.46. The fourth-order valence-corrected chi connectivity index (χ4v) is 1.88. The quantitative estimate of drug-likeness (QED) is 0.715. The van der Waals surface area contributed by atoms with Gasteiger partial charge < -0.3 is 9.64 Å². The normalized spacial score (nSPS) is 16.6. The minimum Gasteiger partial charge on any atom is -0.380 e. The molecule has 0 spiro atoms. The molecule has 4 nitrogen and oxygen atoms in total. The first-order chi connectivity index (χ1) is 7.83. The molecule has 1 aromatic rings. The van der Waals surface area contributed by atoms with E-state index in [4.69, 9.17) is 10.00 Å². The molecular weight excluding hydrogens is 202 g/mol. The van der Waals surface area contributed by atoms with Gasteiger partial charge in [0, 0.05) is 25.9 Å². The summed E-state index contributed by atoms with van der Waals surface area (Å²) in [7, 11) is 0. The van der Waals surface area contributed by atoms with Crippen LogP contribution in [0.1, 0.15) is 17.5 Å². The van der Waals surface area contributed by atoms with Crippen molar-refractivity contribution in [1.29, 1.82) is 5.26 Å². The highest BCUT2D eigenvalue weighted by atomic mass is 16.5. The Kier molecular flexibility index (Phi) is 3.37. The van der Waals surface area contributed by atoms with Gasteiger partial charge in [-0.25, -0.2) is 4.98 Å². The molecule has 2 rings (SSSR count). The minimum absolute atomic E-state index is 0.685. The second kappa shape index (κ2) is 4.95. The predicted octanol–water partition coefficient (Wildman–Crippen LogP) is 1.49. The van der Waals surface area contributed by atoms with Gasteiger partial charge in [0.2, 0.25) is 0 Å². The average molecular weight is 217 g/mol. The number of hydrogen-bond donors (Lipinski definition) is 0. The Morgan fingerprint density at radius 2 is 2.31 bits per heavy atom. The van der Waals surface area contributed by atoms with Crippen molar-refractivity contribution in [3.05, 3.63) is 23.4 Å². The Balaban J connectivity index is 2.31. The molecule has 0 atom stereocenters. The number of ether oxygens (including phenoxy) is 1. The van der Waals surface area contributed by atoms with Crippen LogP contribution in [0.4, 0.5) is 5.82 Å². The summed E-state index contributed by atoms with van der Waals surface area (Å²) in [6, 6.07) is 4.11. The summed E-state index contributed by atoms with van der Waals surface area (Å²) in [6.07, 6.45) is 2.75. The third-order valence-corrected chi connectivity index (χ3v) is 2.77. The van der Waals surface area contributed by atoms with Crippen molar-refractivity contribution in [2.45, 2.75) is 13.3 Å². The first kappa shape index (κ1) is 10.9. The highest BCUT2D eigenvalue weighted by Crippen LogP contribution is 2.20. The Hall–Kier alpha value is -1.60. The molecular formula is C12H15N3O. The lowest BCUT2D eigenvalue weighted by Gasteiger charge is -2.22. The zero-order valence-corrected chi connectivity index (χ0v) is 9.44. The molecule has 1 aromatic heterocycles. The molecule has 4 heteroatoms. The van der Waals surface area contributed by atoms with Gasteiger partial charge in [0.1, 0.15) is 11.9 Å². The van der Waals surface area contributed by atoms with Gasteiger partial charge in [0.25, 0.3) is 0 Å². The summed E-state index contributed by atoms with van der Waals surface area (Å²) in [6.45, 7) is 5.17. The van der Waals surface area contributed by atoms with Gasteiger partial charge >= 0.3 is 0 Å². The van der Waals surface area contributed by atoms with Crippen LogP contribution in [0.25, 0.3) is 0 Å². The third kappa shape index (κ3) is 2.15. The molecule has 0 unspecified atom stereocenters. The van der Waals surface area contributed by atoms with E-state index in [1.807, 2.05) is 13.0 Å². The van der Waals surface area contributed by atoms with E-state index < -0.39 is 0 Å². The van der Waals surface area contributed by atoms with Crippen molar-refractivity contribution in [1.82, 2.24) is 4.98 Å². The van der Waals surface area contributed by atoms with Crippen LogP contribution in [0.2, 0.25) is 0 Å². The summed E-state index contributed by atoms with van der Waals surface area (Å²) in [5.41, 5.74) is 1.67. The van der Waals surface area contributed by atoms with E-state index in [1.54, 1.807) is 6.20 Å². The molecule has 16 heavy (non-hydrogen) atoms. The highest BCUT2D eigenvalue weighted by molar-refractivity contribution is 5.57. The van der Waals surface area contributed by atoms with Gasteiger partial charge in [-0.05, 0) is 25.0 Å². The molecule has 84 valence electrons. The summed E-state index contributed by atoms with van der Waals surface area (Å²) in [5, 5.41) is 9.15. The summed E-state index contributed by atoms with van der Waals surface area (Å²) >= 11 is 0. The lowest BCUT2D eigenvalue weighted by molar-refractivity contribution is 0.152. The van der Waals surface area contributed by atoms with Crippen LogP contribution in [0, 0.1) is 18.3 Å². The Morgan fingerprint density at radius 3 is 3.12 bits per heavy atom. The molecule has 0 saturated carbocycles. The van der Waals surface area contributed by atoms with Gasteiger partial charge in [0.05, 0.1) is 12.2 Å². The molecule has 1 aliphatic rings. The van der Waals surface area contributed by atoms with E-state index in [2.05, 4.69) is 16.0 Å². The first-order valence-corrected chi connectivity index (χ1v) is 5.51. The lowest BCUT2D eigenvalue weighted by Crippen LogP contribution is -2.27. The standard InChI is InChI=1S/C12H15N3O/c1-10-3-4-14-12(11(10)9-13)15-5-2-7-16-8-6-15/h3-4H,2,5-8H2,1H3. The Morgan fingerprint density at radius 1 is 1.44 bits per heavy atom. The molecule has 1 fully saturated rings. The van der Waals surface area contributed by atoms with Gasteiger partial charge in [-0.15, -0.1) is 0 Å². The third-order valence-electron chi connectivity index (χ3n) is 2.77. The molecule has 0 radical (unpaired) electrons. The molecule has 0 aromatic carbocycles. The molecule has 0 bridgehead atoms. The monoisotopic (exact) mass is 217 g/mol. The second-order valence-corrected chi connectivity index (χ2v) is 3.89. The Bertz CT molecular complexity index is 403. The van der Waals surface area contributed by atoms with Crippen molar-refractivity contribution < 1.29 is 4.74 Å². The molecule has 0 N–H and O–H groups in total. The van der Waals surface area contributed by atoms with E-state index in [9.17, 15) is 0 Å². The number of aryl methyl sites for hydroxylation is 1. The average Bonchev–Trinajstić information content (AvgIpc) is 2.57. The van der Waals surface area contributed by atoms with Crippen molar-refractivity contribution in [2.75, 3.05) is 31.2 Å². The lowest BCUT2D eigenvalue weighted by atomic mass is 10.1. The van der Waals surface area contributed by atoms with Gasteiger partial charge in [-0.2, -0.15) is 5.26 Å². The zero-order chi connectivity index (χ0) is 11.4. The fraction of sp³-hybridized carbons (Fsp3) is 0.500. The molecule has 2 heterocycles. The van der Waals surface area contributed by atoms with Gasteiger partial charge in [0.15, 0.2) is 0 Å². The summed E-state index contributed by atoms with van der Waals surface area (Å²) in [5.74, 6) is 0.799. The molecule has 1 saturated heterocycles. The Labute approximate surface area is 95.5 Å². The number of aromatic nitrogens is 1.